The van der Waals surface area contributed by atoms with Crippen LogP contribution in [-0.4, -0.2) is 43.2 Å². The molecule has 2 atom stereocenters. The first-order valence-electron chi connectivity index (χ1n) is 9.05. The number of benzene rings is 1. The Morgan fingerprint density at radius 3 is 2.07 bits per heavy atom. The Morgan fingerprint density at radius 1 is 1.14 bits per heavy atom. The van der Waals surface area contributed by atoms with Crippen LogP contribution in [-0.2, 0) is 23.6 Å². The van der Waals surface area contributed by atoms with Crippen LogP contribution in [0.25, 0.3) is 0 Å². The number of hydrogen-bond acceptors (Lipinski definition) is 6. The van der Waals surface area contributed by atoms with Crippen LogP contribution in [0.2, 0.25) is 0 Å². The summed E-state index contributed by atoms with van der Waals surface area (Å²) in [7, 11) is -2.44. The first-order chi connectivity index (χ1) is 13.0. The number of esters is 1. The van der Waals surface area contributed by atoms with Gasteiger partial charge < -0.3 is 19.1 Å². The second kappa shape index (κ2) is 10.6. The summed E-state index contributed by atoms with van der Waals surface area (Å²) in [6.07, 6.45) is -0.346. The van der Waals surface area contributed by atoms with Gasteiger partial charge in [-0.2, -0.15) is 0 Å². The first kappa shape index (κ1) is 24.1. The summed E-state index contributed by atoms with van der Waals surface area (Å²) >= 11 is 0. The number of aliphatic carboxylic acids is 1. The van der Waals surface area contributed by atoms with E-state index < -0.39 is 32.1 Å². The summed E-state index contributed by atoms with van der Waals surface area (Å²) in [5, 5.41) is 11.9. The van der Waals surface area contributed by atoms with Gasteiger partial charge in [-0.1, -0.05) is 45.9 Å². The quantitative estimate of drug-likeness (QED) is 0.416. The maximum absolute atomic E-state index is 13.4. The fraction of sp³-hybridized carbons (Fsp3) is 0.579. The minimum absolute atomic E-state index is 0.0982. The van der Waals surface area contributed by atoms with Crippen molar-refractivity contribution in [1.29, 1.82) is 0 Å². The molecule has 158 valence electrons. The van der Waals surface area contributed by atoms with E-state index >= 15 is 0 Å². The molecule has 0 heterocycles. The zero-order valence-corrected chi connectivity index (χ0v) is 18.1. The van der Waals surface area contributed by atoms with Crippen molar-refractivity contribution in [3.8, 4) is 5.75 Å². The molecule has 0 bridgehead atoms. The maximum Gasteiger partial charge on any atom is 0.342 e. The third-order valence-corrected chi connectivity index (χ3v) is 5.74. The number of hydrogen-bond donors (Lipinski definition) is 2. The third-order valence-electron chi connectivity index (χ3n) is 3.96. The predicted molar refractivity (Wildman–Crippen MR) is 106 cm³/mol. The SMILES string of the molecule is COCP(=O)(NC(COC(C)=O)C(=O)O)Oc1c(C(C)C)cccc1C(C)C. The van der Waals surface area contributed by atoms with Crippen LogP contribution >= 0.6 is 7.52 Å². The Bertz CT molecular complexity index is 707. The molecule has 1 rings (SSSR count). The molecule has 9 heteroatoms. The highest BCUT2D eigenvalue weighted by Crippen LogP contribution is 2.48. The summed E-state index contributed by atoms with van der Waals surface area (Å²) in [4.78, 5) is 22.5. The highest BCUT2D eigenvalue weighted by Gasteiger charge is 2.34. The van der Waals surface area contributed by atoms with E-state index in [1.807, 2.05) is 45.9 Å². The Kier molecular flexibility index (Phi) is 9.14. The molecule has 2 unspecified atom stereocenters. The molecule has 0 spiro atoms. The zero-order chi connectivity index (χ0) is 21.5. The second-order valence-corrected chi connectivity index (χ2v) is 9.13. The van der Waals surface area contributed by atoms with Gasteiger partial charge in [0.05, 0.1) is 0 Å². The van der Waals surface area contributed by atoms with E-state index in [1.54, 1.807) is 0 Å². The van der Waals surface area contributed by atoms with E-state index in [9.17, 15) is 19.3 Å². The molecular weight excluding hydrogens is 385 g/mol. The van der Waals surface area contributed by atoms with Gasteiger partial charge in [-0.3, -0.25) is 14.2 Å². The Hall–Kier alpha value is -1.89. The van der Waals surface area contributed by atoms with E-state index in [0.29, 0.717) is 5.75 Å². The van der Waals surface area contributed by atoms with Crippen molar-refractivity contribution in [3.05, 3.63) is 29.3 Å². The van der Waals surface area contributed by atoms with E-state index in [2.05, 4.69) is 5.09 Å². The average molecular weight is 415 g/mol. The molecule has 0 aliphatic rings. The Labute approximate surface area is 166 Å². The molecule has 8 nitrogen and oxygen atoms in total. The number of carboxylic acids is 1. The average Bonchev–Trinajstić information content (AvgIpc) is 2.58. The lowest BCUT2D eigenvalue weighted by Crippen LogP contribution is -2.40. The second-order valence-electron chi connectivity index (χ2n) is 7.08. The van der Waals surface area contributed by atoms with Crippen molar-refractivity contribution < 1.29 is 33.3 Å². The smallest absolute Gasteiger partial charge is 0.342 e. The van der Waals surface area contributed by atoms with Crippen LogP contribution in [0.1, 0.15) is 57.6 Å². The number of carbonyl (C=O) groups is 2. The van der Waals surface area contributed by atoms with Crippen LogP contribution in [0.5, 0.6) is 5.75 Å². The van der Waals surface area contributed by atoms with Crippen molar-refractivity contribution in [2.75, 3.05) is 20.1 Å². The van der Waals surface area contributed by atoms with Crippen molar-refractivity contribution in [2.24, 2.45) is 0 Å². The monoisotopic (exact) mass is 415 g/mol. The molecule has 0 amide bonds. The van der Waals surface area contributed by atoms with E-state index in [0.717, 1.165) is 18.1 Å². The van der Waals surface area contributed by atoms with Crippen molar-refractivity contribution in [1.82, 2.24) is 5.09 Å². The molecule has 0 saturated carbocycles. The largest absolute Gasteiger partial charge is 0.480 e. The minimum atomic E-state index is -3.79. The topological polar surface area (TPSA) is 111 Å². The summed E-state index contributed by atoms with van der Waals surface area (Å²) in [6, 6.07) is 4.28. The molecular formula is C19H30NO7P. The van der Waals surface area contributed by atoms with Gasteiger partial charge in [0.2, 0.25) is 0 Å². The number of ether oxygens (including phenoxy) is 2. The first-order valence-corrected chi connectivity index (χ1v) is 10.9. The lowest BCUT2D eigenvalue weighted by Gasteiger charge is -2.27. The van der Waals surface area contributed by atoms with Crippen LogP contribution in [0.15, 0.2) is 18.2 Å². The summed E-state index contributed by atoms with van der Waals surface area (Å²) in [5.74, 6) is -1.30. The fourth-order valence-corrected chi connectivity index (χ4v) is 4.28. The van der Waals surface area contributed by atoms with Crippen LogP contribution in [0, 0.1) is 0 Å². The normalized spacial score (nSPS) is 14.6. The summed E-state index contributed by atoms with van der Waals surface area (Å²) in [5.41, 5.74) is 1.72. The van der Waals surface area contributed by atoms with E-state index in [-0.39, 0.29) is 18.2 Å². The predicted octanol–water partition coefficient (Wildman–Crippen LogP) is 3.72. The summed E-state index contributed by atoms with van der Waals surface area (Å²) in [6.45, 7) is 8.63. The number of methoxy groups -OCH3 is 1. The zero-order valence-electron chi connectivity index (χ0n) is 17.2. The van der Waals surface area contributed by atoms with Gasteiger partial charge in [-0.15, -0.1) is 0 Å². The Morgan fingerprint density at radius 2 is 1.68 bits per heavy atom. The van der Waals surface area contributed by atoms with Crippen LogP contribution < -0.4 is 9.61 Å². The molecule has 1 aromatic rings. The summed E-state index contributed by atoms with van der Waals surface area (Å²) < 4.78 is 29.2. The lowest BCUT2D eigenvalue weighted by atomic mass is 9.94. The standard InChI is InChI=1S/C19H30NO7P/c1-12(2)15-8-7-9-16(13(3)4)18(15)27-28(24,11-25-6)20-17(19(22)23)10-26-14(5)21/h7-9,12-13,17H,10-11H2,1-6H3,(H,20,24)(H,22,23). The van der Waals surface area contributed by atoms with Gasteiger partial charge in [0.25, 0.3) is 0 Å². The van der Waals surface area contributed by atoms with Gasteiger partial charge in [0.1, 0.15) is 24.7 Å². The van der Waals surface area contributed by atoms with E-state index in [4.69, 9.17) is 14.0 Å². The van der Waals surface area contributed by atoms with Crippen LogP contribution in [0.3, 0.4) is 0 Å². The number of carboxylic acid groups (broad SMARTS) is 1. The highest BCUT2D eigenvalue weighted by molar-refractivity contribution is 7.57. The lowest BCUT2D eigenvalue weighted by molar-refractivity contribution is -0.146. The maximum atomic E-state index is 13.4. The number of nitrogens with one attached hydrogen (secondary N) is 1. The molecule has 0 saturated heterocycles. The molecule has 0 radical (unpaired) electrons. The highest BCUT2D eigenvalue weighted by atomic mass is 31.2. The number of carbonyl (C=O) groups excluding carboxylic acids is 1. The molecule has 0 aliphatic heterocycles. The van der Waals surface area contributed by atoms with Crippen LogP contribution in [0.4, 0.5) is 0 Å². The van der Waals surface area contributed by atoms with Gasteiger partial charge >= 0.3 is 19.5 Å². The van der Waals surface area contributed by atoms with Gasteiger partial charge in [0, 0.05) is 14.0 Å². The van der Waals surface area contributed by atoms with Gasteiger partial charge in [0.15, 0.2) is 0 Å². The number of para-hydroxylation sites is 1. The number of rotatable bonds is 11. The molecule has 0 aromatic heterocycles. The van der Waals surface area contributed by atoms with Crippen molar-refractivity contribution in [2.45, 2.75) is 52.5 Å². The minimum Gasteiger partial charge on any atom is -0.480 e. The van der Waals surface area contributed by atoms with Gasteiger partial charge in [-0.25, -0.2) is 5.09 Å². The van der Waals surface area contributed by atoms with Crippen molar-refractivity contribution >= 4 is 19.5 Å². The third kappa shape index (κ3) is 6.93. The van der Waals surface area contributed by atoms with E-state index in [1.165, 1.54) is 7.11 Å². The van der Waals surface area contributed by atoms with Gasteiger partial charge in [-0.05, 0) is 23.0 Å². The molecule has 2 N–H and O–H groups in total. The fourth-order valence-electron chi connectivity index (χ4n) is 2.60. The Balaban J connectivity index is 3.29. The molecule has 0 fully saturated rings. The van der Waals surface area contributed by atoms with Crippen molar-refractivity contribution in [3.63, 3.8) is 0 Å². The molecule has 1 aromatic carbocycles. The molecule has 0 aliphatic carbocycles. The molecule has 28 heavy (non-hydrogen) atoms.